The average Bonchev–Trinajstić information content (AvgIpc) is 2.98. The van der Waals surface area contributed by atoms with E-state index in [0.717, 1.165) is 11.6 Å². The van der Waals surface area contributed by atoms with Crippen LogP contribution in [0.3, 0.4) is 0 Å². The third-order valence-electron chi connectivity index (χ3n) is 4.14. The second kappa shape index (κ2) is 6.76. The van der Waals surface area contributed by atoms with Crippen molar-refractivity contribution in [3.05, 3.63) is 42.7 Å². The maximum atomic E-state index is 4.48. The van der Waals surface area contributed by atoms with Gasteiger partial charge in [-0.05, 0) is 37.9 Å². The van der Waals surface area contributed by atoms with Gasteiger partial charge in [0.05, 0.1) is 0 Å². The van der Waals surface area contributed by atoms with Crippen LogP contribution in [0, 0.1) is 0 Å². The molecule has 1 fully saturated rings. The van der Waals surface area contributed by atoms with Crippen LogP contribution in [-0.2, 0) is 0 Å². The molecule has 4 nitrogen and oxygen atoms in total. The van der Waals surface area contributed by atoms with Crippen molar-refractivity contribution in [3.8, 4) is 5.69 Å². The summed E-state index contributed by atoms with van der Waals surface area (Å²) in [7, 11) is 0. The average molecular weight is 284 g/mol. The van der Waals surface area contributed by atoms with E-state index >= 15 is 0 Å². The minimum atomic E-state index is 0.531. The smallest absolute Gasteiger partial charge is 0.207 e. The van der Waals surface area contributed by atoms with Gasteiger partial charge < -0.3 is 10.2 Å². The molecule has 4 heteroatoms. The van der Waals surface area contributed by atoms with Crippen LogP contribution in [0.5, 0.6) is 0 Å². The van der Waals surface area contributed by atoms with E-state index in [0.29, 0.717) is 6.04 Å². The Balaban J connectivity index is 1.63. The highest BCUT2D eigenvalue weighted by Crippen LogP contribution is 2.18. The van der Waals surface area contributed by atoms with E-state index in [1.165, 1.54) is 38.9 Å². The maximum absolute atomic E-state index is 4.48. The van der Waals surface area contributed by atoms with Crippen LogP contribution in [0.1, 0.15) is 26.2 Å². The molecular weight excluding hydrogens is 260 g/mol. The number of likely N-dealkylation sites (tertiary alicyclic amines) is 1. The quantitative estimate of drug-likeness (QED) is 0.915. The fourth-order valence-electron chi connectivity index (χ4n) is 3.01. The summed E-state index contributed by atoms with van der Waals surface area (Å²) in [6.07, 6.45) is 7.52. The minimum absolute atomic E-state index is 0.531. The summed E-state index contributed by atoms with van der Waals surface area (Å²) < 4.78 is 2.12. The fraction of sp³-hybridized carbons (Fsp3) is 0.471. The van der Waals surface area contributed by atoms with Gasteiger partial charge in [-0.25, -0.2) is 4.98 Å². The molecule has 1 aromatic carbocycles. The van der Waals surface area contributed by atoms with Gasteiger partial charge in [-0.15, -0.1) is 0 Å². The lowest BCUT2D eigenvalue weighted by molar-refractivity contribution is 0.219. The first-order valence-corrected chi connectivity index (χ1v) is 7.94. The molecule has 2 aromatic rings. The molecule has 112 valence electrons. The first-order chi connectivity index (χ1) is 10.4. The summed E-state index contributed by atoms with van der Waals surface area (Å²) in [5.41, 5.74) is 1.15. The first-order valence-electron chi connectivity index (χ1n) is 7.94. The van der Waals surface area contributed by atoms with Crippen molar-refractivity contribution in [2.75, 3.05) is 25.0 Å². The Morgan fingerprint density at radius 3 is 2.67 bits per heavy atom. The Hall–Kier alpha value is -1.81. The molecule has 2 heterocycles. The molecule has 0 aliphatic carbocycles. The van der Waals surface area contributed by atoms with Crippen LogP contribution in [0.2, 0.25) is 0 Å². The summed E-state index contributed by atoms with van der Waals surface area (Å²) in [5, 5.41) is 3.62. The minimum Gasteiger partial charge on any atom is -0.353 e. The molecular formula is C17H24N4. The van der Waals surface area contributed by atoms with Crippen LogP contribution in [-0.4, -0.2) is 40.1 Å². The number of rotatable bonds is 5. The van der Waals surface area contributed by atoms with Gasteiger partial charge in [0, 0.05) is 37.2 Å². The molecule has 0 unspecified atom stereocenters. The standard InChI is InChI=1S/C17H24N4/c1-2-11-20-12-8-15(9-13-20)19-17-18-10-14-21(17)16-6-4-3-5-7-16/h3-7,10,14-15H,2,8-9,11-13H2,1H3,(H,18,19). The van der Waals surface area contributed by atoms with Gasteiger partial charge >= 0.3 is 0 Å². The Morgan fingerprint density at radius 1 is 1.19 bits per heavy atom. The van der Waals surface area contributed by atoms with E-state index < -0.39 is 0 Å². The number of imidazole rings is 1. The predicted molar refractivity (Wildman–Crippen MR) is 86.9 cm³/mol. The Labute approximate surface area is 126 Å². The molecule has 1 aliphatic heterocycles. The maximum Gasteiger partial charge on any atom is 0.207 e. The number of piperidine rings is 1. The summed E-state index contributed by atoms with van der Waals surface area (Å²) in [4.78, 5) is 7.04. The molecule has 0 atom stereocenters. The molecule has 0 saturated carbocycles. The molecule has 1 N–H and O–H groups in total. The Kier molecular flexibility index (Phi) is 4.55. The number of aromatic nitrogens is 2. The molecule has 0 radical (unpaired) electrons. The molecule has 3 rings (SSSR count). The molecule has 1 saturated heterocycles. The number of nitrogens with one attached hydrogen (secondary N) is 1. The van der Waals surface area contributed by atoms with E-state index in [2.05, 4.69) is 51.0 Å². The zero-order valence-corrected chi connectivity index (χ0v) is 12.7. The van der Waals surface area contributed by atoms with E-state index in [-0.39, 0.29) is 0 Å². The van der Waals surface area contributed by atoms with Crippen molar-refractivity contribution < 1.29 is 0 Å². The third-order valence-corrected chi connectivity index (χ3v) is 4.14. The largest absolute Gasteiger partial charge is 0.353 e. The van der Waals surface area contributed by atoms with Gasteiger partial charge in [0.2, 0.25) is 5.95 Å². The Bertz CT molecular complexity index is 541. The van der Waals surface area contributed by atoms with Crippen molar-refractivity contribution >= 4 is 5.95 Å². The van der Waals surface area contributed by atoms with E-state index in [1.54, 1.807) is 0 Å². The molecule has 1 aliphatic rings. The number of hydrogen-bond donors (Lipinski definition) is 1. The van der Waals surface area contributed by atoms with E-state index in [4.69, 9.17) is 0 Å². The lowest BCUT2D eigenvalue weighted by atomic mass is 10.1. The number of benzene rings is 1. The monoisotopic (exact) mass is 284 g/mol. The number of para-hydroxylation sites is 1. The highest BCUT2D eigenvalue weighted by Gasteiger charge is 2.19. The predicted octanol–water partition coefficient (Wildman–Crippen LogP) is 3.16. The third kappa shape index (κ3) is 3.45. The van der Waals surface area contributed by atoms with Crippen LogP contribution < -0.4 is 5.32 Å². The van der Waals surface area contributed by atoms with Crippen LogP contribution in [0.15, 0.2) is 42.7 Å². The highest BCUT2D eigenvalue weighted by atomic mass is 15.2. The molecule has 0 bridgehead atoms. The van der Waals surface area contributed by atoms with Crippen molar-refractivity contribution in [1.82, 2.24) is 14.5 Å². The normalized spacial score (nSPS) is 17.0. The van der Waals surface area contributed by atoms with Crippen molar-refractivity contribution in [1.29, 1.82) is 0 Å². The summed E-state index contributed by atoms with van der Waals surface area (Å²) >= 11 is 0. The summed E-state index contributed by atoms with van der Waals surface area (Å²) in [6.45, 7) is 5.86. The fourth-order valence-corrected chi connectivity index (χ4v) is 3.01. The SMILES string of the molecule is CCCN1CCC(Nc2nccn2-c2ccccc2)CC1. The van der Waals surface area contributed by atoms with Gasteiger partial charge in [-0.2, -0.15) is 0 Å². The first kappa shape index (κ1) is 14.1. The number of nitrogens with zero attached hydrogens (tertiary/aromatic N) is 3. The van der Waals surface area contributed by atoms with Crippen molar-refractivity contribution in [2.24, 2.45) is 0 Å². The number of hydrogen-bond acceptors (Lipinski definition) is 3. The van der Waals surface area contributed by atoms with Gasteiger partial charge in [0.15, 0.2) is 0 Å². The zero-order chi connectivity index (χ0) is 14.5. The van der Waals surface area contributed by atoms with Crippen LogP contribution in [0.25, 0.3) is 5.69 Å². The zero-order valence-electron chi connectivity index (χ0n) is 12.7. The van der Waals surface area contributed by atoms with Gasteiger partial charge in [0.25, 0.3) is 0 Å². The second-order valence-corrected chi connectivity index (χ2v) is 5.72. The van der Waals surface area contributed by atoms with E-state index in [1.807, 2.05) is 18.5 Å². The lowest BCUT2D eigenvalue weighted by Crippen LogP contribution is -2.39. The molecule has 0 spiro atoms. The molecule has 0 amide bonds. The van der Waals surface area contributed by atoms with Gasteiger partial charge in [-0.1, -0.05) is 25.1 Å². The second-order valence-electron chi connectivity index (χ2n) is 5.72. The van der Waals surface area contributed by atoms with Gasteiger partial charge in [0.1, 0.15) is 0 Å². The Morgan fingerprint density at radius 2 is 1.95 bits per heavy atom. The van der Waals surface area contributed by atoms with Crippen molar-refractivity contribution in [3.63, 3.8) is 0 Å². The topological polar surface area (TPSA) is 33.1 Å². The lowest BCUT2D eigenvalue weighted by Gasteiger charge is -2.32. The van der Waals surface area contributed by atoms with Crippen LogP contribution in [0.4, 0.5) is 5.95 Å². The molecule has 21 heavy (non-hydrogen) atoms. The summed E-state index contributed by atoms with van der Waals surface area (Å²) in [5.74, 6) is 0.954. The van der Waals surface area contributed by atoms with Gasteiger partial charge in [-0.3, -0.25) is 4.57 Å². The number of anilines is 1. The summed E-state index contributed by atoms with van der Waals surface area (Å²) in [6, 6.07) is 10.9. The van der Waals surface area contributed by atoms with Crippen LogP contribution >= 0.6 is 0 Å². The molecule has 1 aromatic heterocycles. The highest BCUT2D eigenvalue weighted by molar-refractivity contribution is 5.42. The van der Waals surface area contributed by atoms with E-state index in [9.17, 15) is 0 Å². The van der Waals surface area contributed by atoms with Crippen molar-refractivity contribution in [2.45, 2.75) is 32.2 Å².